The summed E-state index contributed by atoms with van der Waals surface area (Å²) in [5, 5.41) is 1.61. The number of piperidine rings is 1. The Balaban J connectivity index is 1.68. The molecule has 2 fully saturated rings. The Morgan fingerprint density at radius 3 is 2.61 bits per heavy atom. The maximum absolute atomic E-state index is 12.6. The van der Waals surface area contributed by atoms with Crippen LogP contribution in [0.4, 0.5) is 10.5 Å². The molecule has 0 saturated carbocycles. The van der Waals surface area contributed by atoms with Gasteiger partial charge >= 0.3 is 6.09 Å². The van der Waals surface area contributed by atoms with Gasteiger partial charge in [0.1, 0.15) is 5.60 Å². The summed E-state index contributed by atoms with van der Waals surface area (Å²) in [6.45, 7) is 6.59. The van der Waals surface area contributed by atoms with E-state index in [9.17, 15) is 9.59 Å². The lowest BCUT2D eigenvalue weighted by molar-refractivity contribution is -0.121. The first-order valence-electron chi connectivity index (χ1n) is 7.98. The molecule has 2 aliphatic heterocycles. The van der Waals surface area contributed by atoms with Crippen molar-refractivity contribution in [3.05, 3.63) is 30.3 Å². The zero-order valence-corrected chi connectivity index (χ0v) is 13.8. The van der Waals surface area contributed by atoms with Crippen molar-refractivity contribution in [3.8, 4) is 0 Å². The zero-order valence-electron chi connectivity index (χ0n) is 13.8. The molecule has 2 amide bonds. The molecule has 6 heteroatoms. The zero-order chi connectivity index (χ0) is 16.6. The first kappa shape index (κ1) is 15.8. The topological polar surface area (TPSA) is 61.9 Å². The lowest BCUT2D eigenvalue weighted by Crippen LogP contribution is -2.51. The Morgan fingerprint density at radius 2 is 1.96 bits per heavy atom. The average Bonchev–Trinajstić information content (AvgIpc) is 2.83. The molecule has 23 heavy (non-hydrogen) atoms. The molecule has 1 N–H and O–H groups in total. The number of ether oxygens (including phenoxy) is 1. The number of rotatable bonds is 1. The second-order valence-electron chi connectivity index (χ2n) is 7.07. The molecule has 1 aromatic rings. The predicted octanol–water partition coefficient (Wildman–Crippen LogP) is 2.16. The molecule has 0 aliphatic carbocycles. The van der Waals surface area contributed by atoms with Crippen LogP contribution in [0.15, 0.2) is 30.3 Å². The van der Waals surface area contributed by atoms with Crippen LogP contribution in [0.25, 0.3) is 0 Å². The van der Waals surface area contributed by atoms with Crippen LogP contribution < -0.4 is 10.4 Å². The largest absolute Gasteiger partial charge is 0.444 e. The van der Waals surface area contributed by atoms with Gasteiger partial charge in [0.15, 0.2) is 0 Å². The van der Waals surface area contributed by atoms with E-state index in [1.165, 1.54) is 0 Å². The number of hydrazine groups is 1. The Kier molecular flexibility index (Phi) is 4.02. The van der Waals surface area contributed by atoms with E-state index in [1.807, 2.05) is 51.1 Å². The average molecular weight is 317 g/mol. The van der Waals surface area contributed by atoms with E-state index >= 15 is 0 Å². The molecule has 1 aromatic carbocycles. The highest BCUT2D eigenvalue weighted by atomic mass is 16.6. The van der Waals surface area contributed by atoms with Crippen LogP contribution >= 0.6 is 0 Å². The van der Waals surface area contributed by atoms with Crippen LogP contribution in [-0.2, 0) is 9.53 Å². The van der Waals surface area contributed by atoms with Crippen molar-refractivity contribution < 1.29 is 14.3 Å². The standard InChI is InChI=1S/C17H23N3O3/c1-17(2,3)23-16(22)19-10-9-13-14(11-19)18-20(15(13)21)12-7-5-4-6-8-12/h4-8,13-14,18H,9-11H2,1-3H3. The van der Waals surface area contributed by atoms with Crippen molar-refractivity contribution in [3.63, 3.8) is 0 Å². The fourth-order valence-corrected chi connectivity index (χ4v) is 3.04. The molecule has 0 bridgehead atoms. The minimum Gasteiger partial charge on any atom is -0.444 e. The van der Waals surface area contributed by atoms with Crippen molar-refractivity contribution in [1.82, 2.24) is 10.3 Å². The smallest absolute Gasteiger partial charge is 0.410 e. The summed E-state index contributed by atoms with van der Waals surface area (Å²) >= 11 is 0. The minimum atomic E-state index is -0.511. The van der Waals surface area contributed by atoms with Gasteiger partial charge in [0.05, 0.1) is 17.6 Å². The van der Waals surface area contributed by atoms with Crippen molar-refractivity contribution in [2.75, 3.05) is 18.1 Å². The highest BCUT2D eigenvalue weighted by Gasteiger charge is 2.45. The van der Waals surface area contributed by atoms with Gasteiger partial charge in [0.25, 0.3) is 0 Å². The molecule has 124 valence electrons. The summed E-state index contributed by atoms with van der Waals surface area (Å²) < 4.78 is 5.42. The van der Waals surface area contributed by atoms with Crippen LogP contribution in [0.5, 0.6) is 0 Å². The van der Waals surface area contributed by atoms with Gasteiger partial charge in [-0.2, -0.15) is 0 Å². The molecule has 3 rings (SSSR count). The number of para-hydroxylation sites is 1. The second kappa shape index (κ2) is 5.85. The maximum atomic E-state index is 12.6. The maximum Gasteiger partial charge on any atom is 0.410 e. The molecular weight excluding hydrogens is 294 g/mol. The summed E-state index contributed by atoms with van der Waals surface area (Å²) in [5.41, 5.74) is 3.56. The number of carbonyl (C=O) groups is 2. The highest BCUT2D eigenvalue weighted by molar-refractivity contribution is 5.97. The molecular formula is C17H23N3O3. The van der Waals surface area contributed by atoms with Crippen molar-refractivity contribution in [2.24, 2.45) is 5.92 Å². The number of amides is 2. The van der Waals surface area contributed by atoms with E-state index in [-0.39, 0.29) is 24.0 Å². The summed E-state index contributed by atoms with van der Waals surface area (Å²) in [6.07, 6.45) is 0.336. The van der Waals surface area contributed by atoms with Gasteiger partial charge < -0.3 is 9.64 Å². The lowest BCUT2D eigenvalue weighted by atomic mass is 9.93. The van der Waals surface area contributed by atoms with Crippen molar-refractivity contribution in [2.45, 2.75) is 38.8 Å². The van der Waals surface area contributed by atoms with Gasteiger partial charge in [0.2, 0.25) is 5.91 Å². The third kappa shape index (κ3) is 3.32. The molecule has 0 radical (unpaired) electrons. The number of fused-ring (bicyclic) bond motifs is 1. The van der Waals surface area contributed by atoms with Crippen LogP contribution in [0, 0.1) is 5.92 Å². The molecule has 2 aliphatic rings. The van der Waals surface area contributed by atoms with E-state index in [0.717, 1.165) is 5.69 Å². The van der Waals surface area contributed by atoms with E-state index in [2.05, 4.69) is 5.43 Å². The van der Waals surface area contributed by atoms with Gasteiger partial charge in [0, 0.05) is 13.1 Å². The SMILES string of the molecule is CC(C)(C)OC(=O)N1CCC2C(=O)N(c3ccccc3)NC2C1. The van der Waals surface area contributed by atoms with E-state index in [4.69, 9.17) is 4.74 Å². The normalized spacial score (nSPS) is 24.6. The fraction of sp³-hybridized carbons (Fsp3) is 0.529. The van der Waals surface area contributed by atoms with Crippen LogP contribution in [0.1, 0.15) is 27.2 Å². The van der Waals surface area contributed by atoms with Crippen LogP contribution in [0.2, 0.25) is 0 Å². The number of hydrogen-bond donors (Lipinski definition) is 1. The molecule has 2 unspecified atom stereocenters. The molecule has 0 spiro atoms. The predicted molar refractivity (Wildman–Crippen MR) is 86.8 cm³/mol. The summed E-state index contributed by atoms with van der Waals surface area (Å²) in [4.78, 5) is 26.5. The van der Waals surface area contributed by atoms with E-state index < -0.39 is 5.60 Å². The Labute approximate surface area is 136 Å². The second-order valence-corrected chi connectivity index (χ2v) is 7.07. The highest BCUT2D eigenvalue weighted by Crippen LogP contribution is 2.29. The van der Waals surface area contributed by atoms with Crippen molar-refractivity contribution >= 4 is 17.7 Å². The van der Waals surface area contributed by atoms with Gasteiger partial charge in [-0.25, -0.2) is 15.2 Å². The number of likely N-dealkylation sites (tertiary alicyclic amines) is 1. The van der Waals surface area contributed by atoms with Gasteiger partial charge in [-0.05, 0) is 39.3 Å². The van der Waals surface area contributed by atoms with Crippen molar-refractivity contribution in [1.29, 1.82) is 0 Å². The van der Waals surface area contributed by atoms with Crippen LogP contribution in [-0.4, -0.2) is 41.6 Å². The van der Waals surface area contributed by atoms with Gasteiger partial charge in [-0.1, -0.05) is 18.2 Å². The first-order chi connectivity index (χ1) is 10.8. The quantitative estimate of drug-likeness (QED) is 0.862. The van der Waals surface area contributed by atoms with Gasteiger partial charge in [-0.15, -0.1) is 0 Å². The third-order valence-electron chi connectivity index (χ3n) is 4.11. The summed E-state index contributed by atoms with van der Waals surface area (Å²) in [7, 11) is 0. The molecule has 6 nitrogen and oxygen atoms in total. The first-order valence-corrected chi connectivity index (χ1v) is 7.98. The molecule has 2 heterocycles. The number of nitrogens with one attached hydrogen (secondary N) is 1. The third-order valence-corrected chi connectivity index (χ3v) is 4.11. The number of hydrogen-bond acceptors (Lipinski definition) is 4. The molecule has 2 atom stereocenters. The lowest BCUT2D eigenvalue weighted by Gasteiger charge is -2.34. The van der Waals surface area contributed by atoms with E-state index in [0.29, 0.717) is 19.5 Å². The number of benzene rings is 1. The monoisotopic (exact) mass is 317 g/mol. The fourth-order valence-electron chi connectivity index (χ4n) is 3.04. The number of anilines is 1. The molecule has 0 aromatic heterocycles. The number of nitrogens with zero attached hydrogens (tertiary/aromatic N) is 2. The van der Waals surface area contributed by atoms with Crippen LogP contribution in [0.3, 0.4) is 0 Å². The minimum absolute atomic E-state index is 0.0658. The van der Waals surface area contributed by atoms with Gasteiger partial charge in [-0.3, -0.25) is 4.79 Å². The Bertz CT molecular complexity index is 597. The molecule has 2 saturated heterocycles. The Hall–Kier alpha value is -2.08. The summed E-state index contributed by atoms with van der Waals surface area (Å²) in [6, 6.07) is 9.45. The number of carbonyl (C=O) groups excluding carboxylic acids is 2. The Morgan fingerprint density at radius 1 is 1.26 bits per heavy atom. The summed E-state index contributed by atoms with van der Waals surface area (Å²) in [5.74, 6) is -0.0149. The van der Waals surface area contributed by atoms with E-state index in [1.54, 1.807) is 9.91 Å².